The Kier molecular flexibility index (Phi) is 6.06. The minimum atomic E-state index is -1.01. The summed E-state index contributed by atoms with van der Waals surface area (Å²) in [5.74, 6) is 0.643. The second kappa shape index (κ2) is 7.81. The molecule has 0 bridgehead atoms. The third kappa shape index (κ3) is 4.35. The summed E-state index contributed by atoms with van der Waals surface area (Å²) in [6.07, 6.45) is -1.99. The summed E-state index contributed by atoms with van der Waals surface area (Å²) in [5.41, 5.74) is 6.80. The minimum Gasteiger partial charge on any atom is -0.489 e. The second-order valence-corrected chi connectivity index (χ2v) is 5.67. The van der Waals surface area contributed by atoms with Crippen molar-refractivity contribution in [2.45, 2.75) is 18.8 Å². The van der Waals surface area contributed by atoms with Crippen molar-refractivity contribution in [3.63, 3.8) is 0 Å². The van der Waals surface area contributed by atoms with Gasteiger partial charge in [0, 0.05) is 6.54 Å². The highest BCUT2D eigenvalue weighted by molar-refractivity contribution is 6.42. The molecule has 2 aromatic rings. The van der Waals surface area contributed by atoms with E-state index in [0.717, 1.165) is 5.56 Å². The molecule has 0 saturated heterocycles. The Morgan fingerprint density at radius 3 is 2.27 bits per heavy atom. The summed E-state index contributed by atoms with van der Waals surface area (Å²) >= 11 is 11.8. The van der Waals surface area contributed by atoms with E-state index >= 15 is 0 Å². The van der Waals surface area contributed by atoms with Crippen molar-refractivity contribution in [3.8, 4) is 5.75 Å². The van der Waals surface area contributed by atoms with Gasteiger partial charge in [-0.2, -0.15) is 0 Å². The number of halogens is 2. The molecule has 2 unspecified atom stereocenters. The van der Waals surface area contributed by atoms with Gasteiger partial charge in [-0.15, -0.1) is 0 Å². The van der Waals surface area contributed by atoms with Crippen LogP contribution in [0, 0.1) is 0 Å². The fourth-order valence-electron chi connectivity index (χ4n) is 1.91. The first-order chi connectivity index (χ1) is 10.5. The Hall–Kier alpha value is -1.30. The van der Waals surface area contributed by atoms with Crippen molar-refractivity contribution in [3.05, 3.63) is 63.6 Å². The lowest BCUT2D eigenvalue weighted by atomic mass is 10.0. The Balaban J connectivity index is 1.98. The number of benzene rings is 2. The SMILES string of the molecule is NCC(O)C(O)c1ccc(OCc2ccc(Cl)c(Cl)c2)cc1. The highest BCUT2D eigenvalue weighted by atomic mass is 35.5. The van der Waals surface area contributed by atoms with Crippen molar-refractivity contribution in [1.82, 2.24) is 0 Å². The largest absolute Gasteiger partial charge is 0.489 e. The van der Waals surface area contributed by atoms with Crippen LogP contribution in [0.4, 0.5) is 0 Å². The molecule has 0 aromatic heterocycles. The zero-order valence-electron chi connectivity index (χ0n) is 11.7. The molecule has 0 heterocycles. The molecule has 2 rings (SSSR count). The van der Waals surface area contributed by atoms with Crippen LogP contribution in [0.5, 0.6) is 5.75 Å². The van der Waals surface area contributed by atoms with E-state index in [1.807, 2.05) is 6.07 Å². The smallest absolute Gasteiger partial charge is 0.119 e. The van der Waals surface area contributed by atoms with E-state index < -0.39 is 12.2 Å². The molecule has 0 aliphatic heterocycles. The second-order valence-electron chi connectivity index (χ2n) is 4.85. The van der Waals surface area contributed by atoms with Crippen LogP contribution in [0.15, 0.2) is 42.5 Å². The van der Waals surface area contributed by atoms with Gasteiger partial charge in [0.25, 0.3) is 0 Å². The maximum atomic E-state index is 9.85. The molecule has 0 aliphatic carbocycles. The highest BCUT2D eigenvalue weighted by Gasteiger charge is 2.16. The first-order valence-corrected chi connectivity index (χ1v) is 7.49. The number of nitrogens with two attached hydrogens (primary N) is 1. The Morgan fingerprint density at radius 2 is 1.68 bits per heavy atom. The fraction of sp³-hybridized carbons (Fsp3) is 0.250. The number of ether oxygens (including phenoxy) is 1. The van der Waals surface area contributed by atoms with E-state index in [4.69, 9.17) is 33.7 Å². The monoisotopic (exact) mass is 341 g/mol. The molecule has 0 aliphatic rings. The van der Waals surface area contributed by atoms with Gasteiger partial charge in [-0.05, 0) is 35.4 Å². The average Bonchev–Trinajstić information content (AvgIpc) is 2.55. The molecular weight excluding hydrogens is 325 g/mol. The maximum Gasteiger partial charge on any atom is 0.119 e. The van der Waals surface area contributed by atoms with Gasteiger partial charge in [0.2, 0.25) is 0 Å². The van der Waals surface area contributed by atoms with Crippen LogP contribution in [0.3, 0.4) is 0 Å². The minimum absolute atomic E-state index is 0.00323. The van der Waals surface area contributed by atoms with Gasteiger partial charge in [0.1, 0.15) is 18.5 Å². The van der Waals surface area contributed by atoms with Gasteiger partial charge in [0.05, 0.1) is 16.1 Å². The molecule has 22 heavy (non-hydrogen) atoms. The molecule has 4 nitrogen and oxygen atoms in total. The van der Waals surface area contributed by atoms with Crippen LogP contribution in [-0.4, -0.2) is 22.9 Å². The van der Waals surface area contributed by atoms with Gasteiger partial charge in [-0.1, -0.05) is 41.4 Å². The van der Waals surface area contributed by atoms with Crippen molar-refractivity contribution < 1.29 is 14.9 Å². The van der Waals surface area contributed by atoms with E-state index in [0.29, 0.717) is 28.0 Å². The summed E-state index contributed by atoms with van der Waals surface area (Å²) in [5, 5.41) is 20.4. The zero-order valence-corrected chi connectivity index (χ0v) is 13.3. The predicted octanol–water partition coefficient (Wildman–Crippen LogP) is 2.93. The molecule has 0 saturated carbocycles. The molecule has 2 aromatic carbocycles. The third-order valence-electron chi connectivity index (χ3n) is 3.22. The molecule has 0 amide bonds. The first-order valence-electron chi connectivity index (χ1n) is 6.74. The van der Waals surface area contributed by atoms with E-state index in [-0.39, 0.29) is 6.54 Å². The molecule has 6 heteroatoms. The van der Waals surface area contributed by atoms with Crippen LogP contribution in [0.1, 0.15) is 17.2 Å². The summed E-state index contributed by atoms with van der Waals surface area (Å²) in [6, 6.07) is 12.1. The summed E-state index contributed by atoms with van der Waals surface area (Å²) in [4.78, 5) is 0. The van der Waals surface area contributed by atoms with Gasteiger partial charge >= 0.3 is 0 Å². The topological polar surface area (TPSA) is 75.7 Å². The van der Waals surface area contributed by atoms with E-state index in [2.05, 4.69) is 0 Å². The maximum absolute atomic E-state index is 9.85. The number of rotatable bonds is 6. The fourth-order valence-corrected chi connectivity index (χ4v) is 2.23. The number of hydrogen-bond donors (Lipinski definition) is 3. The predicted molar refractivity (Wildman–Crippen MR) is 87.3 cm³/mol. The number of hydrogen-bond acceptors (Lipinski definition) is 4. The summed E-state index contributed by atoms with van der Waals surface area (Å²) in [6.45, 7) is 0.348. The molecule has 0 radical (unpaired) electrons. The van der Waals surface area contributed by atoms with Crippen LogP contribution >= 0.6 is 23.2 Å². The van der Waals surface area contributed by atoms with Gasteiger partial charge in [-0.25, -0.2) is 0 Å². The molecule has 4 N–H and O–H groups in total. The molecular formula is C16H17Cl2NO3. The summed E-state index contributed by atoms with van der Waals surface area (Å²) in [7, 11) is 0. The van der Waals surface area contributed by atoms with Crippen LogP contribution in [0.25, 0.3) is 0 Å². The van der Waals surface area contributed by atoms with E-state index in [1.165, 1.54) is 0 Å². The molecule has 2 atom stereocenters. The standard InChI is InChI=1S/C16H17Cl2NO3/c17-13-6-1-10(7-14(13)18)9-22-12-4-2-11(3-5-12)16(21)15(20)8-19/h1-7,15-16,20-21H,8-9,19H2. The molecule has 0 fully saturated rings. The highest BCUT2D eigenvalue weighted by Crippen LogP contribution is 2.24. The first kappa shape index (κ1) is 17.1. The van der Waals surface area contributed by atoms with Crippen molar-refractivity contribution >= 4 is 23.2 Å². The number of aliphatic hydroxyl groups is 2. The van der Waals surface area contributed by atoms with Crippen molar-refractivity contribution in [1.29, 1.82) is 0 Å². The van der Waals surface area contributed by atoms with Gasteiger partial charge in [0.15, 0.2) is 0 Å². The lowest BCUT2D eigenvalue weighted by Gasteiger charge is -2.16. The van der Waals surface area contributed by atoms with Crippen LogP contribution < -0.4 is 10.5 Å². The Labute approximate surface area is 139 Å². The van der Waals surface area contributed by atoms with Crippen LogP contribution in [-0.2, 0) is 6.61 Å². The lowest BCUT2D eigenvalue weighted by molar-refractivity contribution is 0.0243. The Bertz CT molecular complexity index is 619. The van der Waals surface area contributed by atoms with Crippen molar-refractivity contribution in [2.24, 2.45) is 5.73 Å². The van der Waals surface area contributed by atoms with E-state index in [1.54, 1.807) is 36.4 Å². The Morgan fingerprint density at radius 1 is 1.00 bits per heavy atom. The number of aliphatic hydroxyl groups excluding tert-OH is 2. The van der Waals surface area contributed by atoms with Gasteiger partial charge in [-0.3, -0.25) is 0 Å². The molecule has 0 spiro atoms. The summed E-state index contributed by atoms with van der Waals surface area (Å²) < 4.78 is 5.64. The molecule has 118 valence electrons. The lowest BCUT2D eigenvalue weighted by Crippen LogP contribution is -2.27. The third-order valence-corrected chi connectivity index (χ3v) is 3.96. The van der Waals surface area contributed by atoms with Crippen LogP contribution in [0.2, 0.25) is 10.0 Å². The average molecular weight is 342 g/mol. The normalized spacial score (nSPS) is 13.7. The van der Waals surface area contributed by atoms with Crippen molar-refractivity contribution in [2.75, 3.05) is 6.54 Å². The quantitative estimate of drug-likeness (QED) is 0.755. The van der Waals surface area contributed by atoms with E-state index in [9.17, 15) is 10.2 Å². The zero-order chi connectivity index (χ0) is 16.1. The van der Waals surface area contributed by atoms with Gasteiger partial charge < -0.3 is 20.7 Å².